The molecule has 0 spiro atoms. The zero-order chi connectivity index (χ0) is 16.5. The van der Waals surface area contributed by atoms with Crippen molar-refractivity contribution in [2.75, 3.05) is 0 Å². The SMILES string of the molecule is CC(=CC1(C(=O)OCc2ccc(Cl)cc2)CC1(C)C)C(=O)O. The van der Waals surface area contributed by atoms with Crippen LogP contribution in [0.15, 0.2) is 35.9 Å². The maximum atomic E-state index is 12.5. The van der Waals surface area contributed by atoms with Gasteiger partial charge in [-0.15, -0.1) is 0 Å². The number of benzene rings is 1. The van der Waals surface area contributed by atoms with Gasteiger partial charge in [-0.3, -0.25) is 4.79 Å². The number of carbonyl (C=O) groups is 2. The number of esters is 1. The molecule has 1 aromatic carbocycles. The molecule has 4 nitrogen and oxygen atoms in total. The van der Waals surface area contributed by atoms with E-state index in [0.29, 0.717) is 11.4 Å². The molecule has 0 aromatic heterocycles. The van der Waals surface area contributed by atoms with Gasteiger partial charge in [-0.2, -0.15) is 0 Å². The predicted molar refractivity (Wildman–Crippen MR) is 83.5 cm³/mol. The number of rotatable bonds is 5. The van der Waals surface area contributed by atoms with Crippen LogP contribution in [0, 0.1) is 10.8 Å². The summed E-state index contributed by atoms with van der Waals surface area (Å²) >= 11 is 5.81. The second-order valence-electron chi connectivity index (χ2n) is 6.37. The van der Waals surface area contributed by atoms with E-state index in [4.69, 9.17) is 21.4 Å². The van der Waals surface area contributed by atoms with Crippen LogP contribution in [-0.2, 0) is 20.9 Å². The number of halogens is 1. The molecule has 1 aliphatic carbocycles. The summed E-state index contributed by atoms with van der Waals surface area (Å²) in [5, 5.41) is 9.65. The minimum absolute atomic E-state index is 0.147. The van der Waals surface area contributed by atoms with Crippen LogP contribution in [-0.4, -0.2) is 17.0 Å². The van der Waals surface area contributed by atoms with Crippen LogP contribution in [0.2, 0.25) is 5.02 Å². The summed E-state index contributed by atoms with van der Waals surface area (Å²) in [5.41, 5.74) is -0.137. The molecule has 1 N–H and O–H groups in total. The number of aliphatic carboxylic acids is 1. The molecule has 5 heteroatoms. The molecule has 1 aromatic rings. The van der Waals surface area contributed by atoms with E-state index < -0.39 is 11.4 Å². The Hall–Kier alpha value is -1.81. The van der Waals surface area contributed by atoms with E-state index in [0.717, 1.165) is 5.56 Å². The molecule has 1 fully saturated rings. The fourth-order valence-electron chi connectivity index (χ4n) is 2.60. The maximum absolute atomic E-state index is 12.5. The first kappa shape index (κ1) is 16.6. The molecule has 0 saturated heterocycles. The van der Waals surface area contributed by atoms with Gasteiger partial charge in [-0.1, -0.05) is 43.7 Å². The third-order valence-corrected chi connectivity index (χ3v) is 4.50. The first-order valence-corrected chi connectivity index (χ1v) is 7.40. The number of carbonyl (C=O) groups excluding carboxylic acids is 1. The number of hydrogen-bond acceptors (Lipinski definition) is 3. The quantitative estimate of drug-likeness (QED) is 0.661. The highest BCUT2D eigenvalue weighted by molar-refractivity contribution is 6.30. The summed E-state index contributed by atoms with van der Waals surface area (Å²) in [5.74, 6) is -1.40. The first-order chi connectivity index (χ1) is 10.2. The van der Waals surface area contributed by atoms with Gasteiger partial charge in [0.1, 0.15) is 6.61 Å². The van der Waals surface area contributed by atoms with Crippen molar-refractivity contribution in [1.82, 2.24) is 0 Å². The topological polar surface area (TPSA) is 63.6 Å². The van der Waals surface area contributed by atoms with Crippen molar-refractivity contribution in [3.8, 4) is 0 Å². The van der Waals surface area contributed by atoms with Gasteiger partial charge >= 0.3 is 11.9 Å². The van der Waals surface area contributed by atoms with Crippen molar-refractivity contribution < 1.29 is 19.4 Å². The predicted octanol–water partition coefficient (Wildman–Crippen LogP) is 3.83. The molecule has 22 heavy (non-hydrogen) atoms. The van der Waals surface area contributed by atoms with Gasteiger partial charge in [0.05, 0.1) is 5.41 Å². The monoisotopic (exact) mass is 322 g/mol. The Labute approximate surface area is 134 Å². The minimum atomic E-state index is -1.02. The summed E-state index contributed by atoms with van der Waals surface area (Å²) in [7, 11) is 0. The summed E-state index contributed by atoms with van der Waals surface area (Å²) in [6, 6.07) is 7.05. The largest absolute Gasteiger partial charge is 0.478 e. The highest BCUT2D eigenvalue weighted by Crippen LogP contribution is 2.65. The molecule has 0 bridgehead atoms. The van der Waals surface area contributed by atoms with Crippen LogP contribution in [0.25, 0.3) is 0 Å². The minimum Gasteiger partial charge on any atom is -0.478 e. The van der Waals surface area contributed by atoms with Crippen molar-refractivity contribution in [1.29, 1.82) is 0 Å². The molecule has 1 atom stereocenters. The number of ether oxygens (including phenoxy) is 1. The Balaban J connectivity index is 2.10. The number of hydrogen-bond donors (Lipinski definition) is 1. The smallest absolute Gasteiger partial charge is 0.330 e. The summed E-state index contributed by atoms with van der Waals surface area (Å²) < 4.78 is 5.39. The summed E-state index contributed by atoms with van der Waals surface area (Å²) in [4.78, 5) is 23.5. The molecule has 2 rings (SSSR count). The summed E-state index contributed by atoms with van der Waals surface area (Å²) in [6.45, 7) is 5.50. The Bertz CT molecular complexity index is 631. The lowest BCUT2D eigenvalue weighted by molar-refractivity contribution is -0.150. The van der Waals surface area contributed by atoms with Gasteiger partial charge in [0, 0.05) is 10.6 Å². The molecule has 118 valence electrons. The Kier molecular flexibility index (Phi) is 4.34. The zero-order valence-electron chi connectivity index (χ0n) is 12.9. The third kappa shape index (κ3) is 3.17. The molecular weight excluding hydrogens is 304 g/mol. The van der Waals surface area contributed by atoms with E-state index in [9.17, 15) is 9.59 Å². The van der Waals surface area contributed by atoms with E-state index in [1.54, 1.807) is 24.3 Å². The highest BCUT2D eigenvalue weighted by Gasteiger charge is 2.66. The van der Waals surface area contributed by atoms with Gasteiger partial charge in [-0.05, 0) is 36.5 Å². The molecule has 0 radical (unpaired) electrons. The average molecular weight is 323 g/mol. The first-order valence-electron chi connectivity index (χ1n) is 7.02. The van der Waals surface area contributed by atoms with Crippen LogP contribution in [0.1, 0.15) is 32.8 Å². The maximum Gasteiger partial charge on any atom is 0.330 e. The summed E-state index contributed by atoms with van der Waals surface area (Å²) in [6.07, 6.45) is 2.11. The van der Waals surface area contributed by atoms with E-state index >= 15 is 0 Å². The average Bonchev–Trinajstić information content (AvgIpc) is 3.00. The zero-order valence-corrected chi connectivity index (χ0v) is 13.6. The van der Waals surface area contributed by atoms with E-state index in [1.807, 2.05) is 13.8 Å². The van der Waals surface area contributed by atoms with Crippen molar-refractivity contribution in [2.45, 2.75) is 33.8 Å². The normalized spacial score (nSPS) is 23.0. The van der Waals surface area contributed by atoms with Crippen LogP contribution < -0.4 is 0 Å². The molecular formula is C17H19ClO4. The van der Waals surface area contributed by atoms with E-state index in [-0.39, 0.29) is 23.6 Å². The second kappa shape index (κ2) is 5.76. The lowest BCUT2D eigenvalue weighted by Crippen LogP contribution is -2.23. The van der Waals surface area contributed by atoms with Gasteiger partial charge in [0.2, 0.25) is 0 Å². The fraction of sp³-hybridized carbons (Fsp3) is 0.412. The highest BCUT2D eigenvalue weighted by atomic mass is 35.5. The van der Waals surface area contributed by atoms with E-state index in [2.05, 4.69) is 0 Å². The van der Waals surface area contributed by atoms with Crippen LogP contribution >= 0.6 is 11.6 Å². The van der Waals surface area contributed by atoms with Gasteiger partial charge < -0.3 is 9.84 Å². The lowest BCUT2D eigenvalue weighted by atomic mass is 9.93. The Morgan fingerprint density at radius 3 is 2.32 bits per heavy atom. The number of carboxylic acid groups (broad SMARTS) is 1. The lowest BCUT2D eigenvalue weighted by Gasteiger charge is -2.16. The van der Waals surface area contributed by atoms with Crippen LogP contribution in [0.4, 0.5) is 0 Å². The van der Waals surface area contributed by atoms with Crippen LogP contribution in [0.5, 0.6) is 0 Å². The van der Waals surface area contributed by atoms with Crippen molar-refractivity contribution >= 4 is 23.5 Å². The van der Waals surface area contributed by atoms with Crippen molar-refractivity contribution in [3.63, 3.8) is 0 Å². The van der Waals surface area contributed by atoms with Gasteiger partial charge in [-0.25, -0.2) is 4.79 Å². The molecule has 0 amide bonds. The van der Waals surface area contributed by atoms with E-state index in [1.165, 1.54) is 13.0 Å². The molecule has 1 unspecified atom stereocenters. The van der Waals surface area contributed by atoms with Gasteiger partial charge in [0.25, 0.3) is 0 Å². The number of carboxylic acids is 1. The molecule has 0 heterocycles. The Morgan fingerprint density at radius 2 is 1.86 bits per heavy atom. The molecule has 1 saturated carbocycles. The molecule has 1 aliphatic rings. The van der Waals surface area contributed by atoms with Crippen molar-refractivity contribution in [2.24, 2.45) is 10.8 Å². The third-order valence-electron chi connectivity index (χ3n) is 4.25. The molecule has 0 aliphatic heterocycles. The standard InChI is InChI=1S/C17H19ClO4/c1-11(14(19)20)8-17(10-16(17,2)3)15(21)22-9-12-4-6-13(18)7-5-12/h4-8H,9-10H2,1-3H3,(H,19,20). The van der Waals surface area contributed by atoms with Crippen LogP contribution in [0.3, 0.4) is 0 Å². The van der Waals surface area contributed by atoms with Gasteiger partial charge in [0.15, 0.2) is 0 Å². The Morgan fingerprint density at radius 1 is 1.32 bits per heavy atom. The van der Waals surface area contributed by atoms with Crippen molar-refractivity contribution in [3.05, 3.63) is 46.5 Å². The second-order valence-corrected chi connectivity index (χ2v) is 6.80. The fourth-order valence-corrected chi connectivity index (χ4v) is 2.72.